The molecule has 1 N–H and O–H groups in total. The van der Waals surface area contributed by atoms with Crippen LogP contribution >= 0.6 is 11.6 Å². The first kappa shape index (κ1) is 14.5. The van der Waals surface area contributed by atoms with E-state index in [1.807, 2.05) is 26.0 Å². The molecule has 0 spiro atoms. The Labute approximate surface area is 119 Å². The zero-order valence-electron chi connectivity index (χ0n) is 11.9. The first-order valence-electron chi connectivity index (χ1n) is 6.46. The summed E-state index contributed by atoms with van der Waals surface area (Å²) < 4.78 is 11.6. The number of aliphatic hydroxyl groups excluding tert-OH is 1. The predicted molar refractivity (Wildman–Crippen MR) is 76.3 cm³/mol. The second-order valence-electron chi connectivity index (χ2n) is 6.57. The number of fused-ring (bicyclic) bond motifs is 1. The molecule has 1 aromatic carbocycles. The van der Waals surface area contributed by atoms with E-state index < -0.39 is 0 Å². The van der Waals surface area contributed by atoms with Crippen molar-refractivity contribution >= 4 is 11.6 Å². The number of benzene rings is 1. The monoisotopic (exact) mass is 284 g/mol. The van der Waals surface area contributed by atoms with Crippen LogP contribution in [0.4, 0.5) is 0 Å². The SMILES string of the molecule is CC1(C)COc2cc(C(C)(C)CO)cc(Cl)c2OC1. The van der Waals surface area contributed by atoms with Crippen LogP contribution in [0.1, 0.15) is 33.3 Å². The summed E-state index contributed by atoms with van der Waals surface area (Å²) in [7, 11) is 0. The minimum absolute atomic E-state index is 0.0466. The highest BCUT2D eigenvalue weighted by Crippen LogP contribution is 2.42. The van der Waals surface area contributed by atoms with Gasteiger partial charge in [0.25, 0.3) is 0 Å². The molecule has 1 heterocycles. The summed E-state index contributed by atoms with van der Waals surface area (Å²) in [5, 5.41) is 10.00. The van der Waals surface area contributed by atoms with E-state index in [2.05, 4.69) is 13.8 Å². The molecular weight excluding hydrogens is 264 g/mol. The maximum atomic E-state index is 9.47. The molecule has 0 atom stereocenters. The summed E-state index contributed by atoms with van der Waals surface area (Å²) >= 11 is 6.29. The molecule has 19 heavy (non-hydrogen) atoms. The summed E-state index contributed by atoms with van der Waals surface area (Å²) in [6, 6.07) is 3.76. The van der Waals surface area contributed by atoms with Crippen LogP contribution in [-0.2, 0) is 5.41 Å². The third kappa shape index (κ3) is 2.98. The Balaban J connectivity index is 2.43. The molecule has 106 valence electrons. The zero-order valence-corrected chi connectivity index (χ0v) is 12.7. The minimum Gasteiger partial charge on any atom is -0.489 e. The van der Waals surface area contributed by atoms with E-state index >= 15 is 0 Å². The maximum absolute atomic E-state index is 9.47. The summed E-state index contributed by atoms with van der Waals surface area (Å²) in [6.45, 7) is 9.31. The van der Waals surface area contributed by atoms with Crippen molar-refractivity contribution in [2.75, 3.05) is 19.8 Å². The van der Waals surface area contributed by atoms with E-state index in [0.717, 1.165) is 5.56 Å². The summed E-state index contributed by atoms with van der Waals surface area (Å²) in [5.41, 5.74) is 0.542. The fourth-order valence-electron chi connectivity index (χ4n) is 1.88. The van der Waals surface area contributed by atoms with Gasteiger partial charge in [-0.2, -0.15) is 0 Å². The van der Waals surface area contributed by atoms with Crippen LogP contribution in [0.15, 0.2) is 12.1 Å². The Morgan fingerprint density at radius 3 is 2.53 bits per heavy atom. The Bertz CT molecular complexity index is 481. The Morgan fingerprint density at radius 1 is 1.26 bits per heavy atom. The molecule has 0 saturated heterocycles. The normalized spacial score (nSPS) is 18.0. The van der Waals surface area contributed by atoms with Crippen molar-refractivity contribution in [3.63, 3.8) is 0 Å². The highest BCUT2D eigenvalue weighted by molar-refractivity contribution is 6.32. The van der Waals surface area contributed by atoms with Gasteiger partial charge in [-0.1, -0.05) is 39.3 Å². The molecule has 0 saturated carbocycles. The molecule has 1 aliphatic heterocycles. The molecule has 0 unspecified atom stereocenters. The number of rotatable bonds is 2. The molecule has 0 amide bonds. The minimum atomic E-state index is -0.357. The van der Waals surface area contributed by atoms with Crippen LogP contribution in [0.3, 0.4) is 0 Å². The summed E-state index contributed by atoms with van der Waals surface area (Å²) in [6.07, 6.45) is 0. The molecule has 0 radical (unpaired) electrons. The van der Waals surface area contributed by atoms with Crippen LogP contribution in [0.2, 0.25) is 5.02 Å². The zero-order chi connectivity index (χ0) is 14.3. The summed E-state index contributed by atoms with van der Waals surface area (Å²) in [5.74, 6) is 1.26. The predicted octanol–water partition coefficient (Wildman–Crippen LogP) is 3.41. The quantitative estimate of drug-likeness (QED) is 0.904. The smallest absolute Gasteiger partial charge is 0.179 e. The number of aliphatic hydroxyl groups is 1. The molecule has 1 aliphatic rings. The van der Waals surface area contributed by atoms with Crippen molar-refractivity contribution < 1.29 is 14.6 Å². The van der Waals surface area contributed by atoms with Gasteiger partial charge in [-0.25, -0.2) is 0 Å². The van der Waals surface area contributed by atoms with Gasteiger partial charge >= 0.3 is 0 Å². The van der Waals surface area contributed by atoms with Crippen LogP contribution in [0.25, 0.3) is 0 Å². The van der Waals surface area contributed by atoms with Crippen molar-refractivity contribution in [1.29, 1.82) is 0 Å². The fraction of sp³-hybridized carbons (Fsp3) is 0.600. The average Bonchev–Trinajstić information content (AvgIpc) is 2.49. The van der Waals surface area contributed by atoms with Crippen molar-refractivity contribution in [3.05, 3.63) is 22.7 Å². The van der Waals surface area contributed by atoms with Gasteiger partial charge < -0.3 is 14.6 Å². The van der Waals surface area contributed by atoms with E-state index in [0.29, 0.717) is 29.7 Å². The van der Waals surface area contributed by atoms with Gasteiger partial charge in [0.1, 0.15) is 0 Å². The van der Waals surface area contributed by atoms with E-state index in [1.165, 1.54) is 0 Å². The molecule has 2 rings (SSSR count). The largest absolute Gasteiger partial charge is 0.489 e. The third-order valence-corrected chi connectivity index (χ3v) is 3.69. The van der Waals surface area contributed by atoms with Gasteiger partial charge in [-0.15, -0.1) is 0 Å². The Hall–Kier alpha value is -0.930. The lowest BCUT2D eigenvalue weighted by Gasteiger charge is -2.24. The van der Waals surface area contributed by atoms with Crippen LogP contribution in [0, 0.1) is 5.41 Å². The van der Waals surface area contributed by atoms with Crippen molar-refractivity contribution in [2.24, 2.45) is 5.41 Å². The molecule has 4 heteroatoms. The number of halogens is 1. The van der Waals surface area contributed by atoms with Crippen LogP contribution in [0.5, 0.6) is 11.5 Å². The standard InChI is InChI=1S/C15H21ClO3/c1-14(2)8-18-12-6-10(15(3,4)7-17)5-11(16)13(12)19-9-14/h5-6,17H,7-9H2,1-4H3. The lowest BCUT2D eigenvalue weighted by molar-refractivity contribution is 0.140. The van der Waals surface area contributed by atoms with Gasteiger partial charge in [0.05, 0.1) is 24.8 Å². The lowest BCUT2D eigenvalue weighted by Crippen LogP contribution is -2.26. The third-order valence-electron chi connectivity index (χ3n) is 3.41. The molecule has 0 aliphatic carbocycles. The van der Waals surface area contributed by atoms with Crippen LogP contribution in [-0.4, -0.2) is 24.9 Å². The number of ether oxygens (including phenoxy) is 2. The number of hydrogen-bond acceptors (Lipinski definition) is 3. The van der Waals surface area contributed by atoms with Gasteiger partial charge in [0, 0.05) is 10.8 Å². The molecule has 0 aromatic heterocycles. The molecule has 0 bridgehead atoms. The van der Waals surface area contributed by atoms with Gasteiger partial charge in [-0.05, 0) is 17.7 Å². The highest BCUT2D eigenvalue weighted by atomic mass is 35.5. The first-order valence-corrected chi connectivity index (χ1v) is 6.83. The second kappa shape index (κ2) is 4.88. The summed E-state index contributed by atoms with van der Waals surface area (Å²) in [4.78, 5) is 0. The van der Waals surface area contributed by atoms with Gasteiger partial charge in [-0.3, -0.25) is 0 Å². The lowest BCUT2D eigenvalue weighted by atomic mass is 9.85. The van der Waals surface area contributed by atoms with Crippen molar-refractivity contribution in [1.82, 2.24) is 0 Å². The fourth-order valence-corrected chi connectivity index (χ4v) is 2.15. The molecule has 1 aromatic rings. The molecule has 3 nitrogen and oxygen atoms in total. The maximum Gasteiger partial charge on any atom is 0.179 e. The van der Waals surface area contributed by atoms with Gasteiger partial charge in [0.2, 0.25) is 0 Å². The number of hydrogen-bond donors (Lipinski definition) is 1. The van der Waals surface area contributed by atoms with E-state index in [4.69, 9.17) is 21.1 Å². The second-order valence-corrected chi connectivity index (χ2v) is 6.98. The van der Waals surface area contributed by atoms with E-state index in [1.54, 1.807) is 0 Å². The van der Waals surface area contributed by atoms with E-state index in [9.17, 15) is 5.11 Å². The topological polar surface area (TPSA) is 38.7 Å². The van der Waals surface area contributed by atoms with Crippen molar-refractivity contribution in [2.45, 2.75) is 33.1 Å². The van der Waals surface area contributed by atoms with Crippen LogP contribution < -0.4 is 9.47 Å². The van der Waals surface area contributed by atoms with Gasteiger partial charge in [0.15, 0.2) is 11.5 Å². The van der Waals surface area contributed by atoms with Crippen molar-refractivity contribution in [3.8, 4) is 11.5 Å². The highest BCUT2D eigenvalue weighted by Gasteiger charge is 2.29. The average molecular weight is 285 g/mol. The Kier molecular flexibility index (Phi) is 3.72. The molecule has 0 fully saturated rings. The van der Waals surface area contributed by atoms with E-state index in [-0.39, 0.29) is 17.4 Å². The Morgan fingerprint density at radius 2 is 1.89 bits per heavy atom. The first-order chi connectivity index (χ1) is 8.75. The molecular formula is C15H21ClO3.